The van der Waals surface area contributed by atoms with E-state index in [2.05, 4.69) is 12.6 Å². The van der Waals surface area contributed by atoms with Gasteiger partial charge in [-0.3, -0.25) is 0 Å². The van der Waals surface area contributed by atoms with E-state index in [4.69, 9.17) is 0 Å². The first-order valence-electron chi connectivity index (χ1n) is 4.13. The van der Waals surface area contributed by atoms with Crippen LogP contribution in [0, 0.1) is 0 Å². The summed E-state index contributed by atoms with van der Waals surface area (Å²) >= 11 is 4.06. The van der Waals surface area contributed by atoms with Gasteiger partial charge in [0, 0.05) is 16.4 Å². The molecule has 0 fully saturated rings. The summed E-state index contributed by atoms with van der Waals surface area (Å²) in [6, 6.07) is 4.43. The second-order valence-corrected chi connectivity index (χ2v) is 3.49. The molecule has 4 heteroatoms. The molecule has 76 valence electrons. The van der Waals surface area contributed by atoms with Gasteiger partial charge in [-0.1, -0.05) is 19.1 Å². The number of halogens is 2. The predicted octanol–water partition coefficient (Wildman–Crippen LogP) is 3.22. The smallest absolute Gasteiger partial charge is 0.264 e. The maximum atomic E-state index is 12.6. The summed E-state index contributed by atoms with van der Waals surface area (Å²) in [6.07, 6.45) is -1.93. The Bertz CT molecular complexity index is 339. The van der Waals surface area contributed by atoms with Crippen molar-refractivity contribution in [2.24, 2.45) is 0 Å². The van der Waals surface area contributed by atoms with Crippen molar-refractivity contribution in [1.29, 1.82) is 0 Å². The van der Waals surface area contributed by atoms with Gasteiger partial charge in [-0.2, -0.15) is 0 Å². The SMILES string of the molecule is CC(C=O)c1c(S)cccc1C(F)F. The quantitative estimate of drug-likeness (QED) is 0.606. The third-order valence-electron chi connectivity index (χ3n) is 2.01. The number of aldehydes is 1. The van der Waals surface area contributed by atoms with E-state index in [0.29, 0.717) is 16.7 Å². The lowest BCUT2D eigenvalue weighted by Crippen LogP contribution is -2.02. The highest BCUT2D eigenvalue weighted by molar-refractivity contribution is 7.80. The van der Waals surface area contributed by atoms with Crippen LogP contribution in [0.15, 0.2) is 23.1 Å². The van der Waals surface area contributed by atoms with Crippen molar-refractivity contribution in [3.63, 3.8) is 0 Å². The maximum Gasteiger partial charge on any atom is 0.264 e. The molecule has 0 aliphatic carbocycles. The lowest BCUT2D eigenvalue weighted by atomic mass is 9.97. The lowest BCUT2D eigenvalue weighted by Gasteiger charge is -2.13. The number of benzene rings is 1. The van der Waals surface area contributed by atoms with E-state index in [1.54, 1.807) is 13.0 Å². The molecule has 1 aromatic rings. The van der Waals surface area contributed by atoms with E-state index >= 15 is 0 Å². The van der Waals surface area contributed by atoms with Gasteiger partial charge in [-0.05, 0) is 11.6 Å². The first kappa shape index (κ1) is 11.2. The Labute approximate surface area is 86.5 Å². The number of rotatable bonds is 3. The molecule has 1 atom stereocenters. The average Bonchev–Trinajstić information content (AvgIpc) is 2.16. The first-order chi connectivity index (χ1) is 6.57. The topological polar surface area (TPSA) is 17.1 Å². The summed E-state index contributed by atoms with van der Waals surface area (Å²) < 4.78 is 25.1. The Kier molecular flexibility index (Phi) is 3.63. The number of carbonyl (C=O) groups excluding carboxylic acids is 1. The van der Waals surface area contributed by atoms with Crippen LogP contribution in [-0.4, -0.2) is 6.29 Å². The van der Waals surface area contributed by atoms with Crippen LogP contribution >= 0.6 is 12.6 Å². The van der Waals surface area contributed by atoms with Crippen LogP contribution in [-0.2, 0) is 4.79 Å². The molecule has 0 amide bonds. The second-order valence-electron chi connectivity index (χ2n) is 3.01. The summed E-state index contributed by atoms with van der Waals surface area (Å²) in [5.41, 5.74) is 0.206. The minimum atomic E-state index is -2.57. The molecule has 0 N–H and O–H groups in total. The molecule has 0 spiro atoms. The predicted molar refractivity (Wildman–Crippen MR) is 53.1 cm³/mol. The van der Waals surface area contributed by atoms with Gasteiger partial charge in [0.1, 0.15) is 6.29 Å². The number of carbonyl (C=O) groups is 1. The van der Waals surface area contributed by atoms with E-state index < -0.39 is 12.3 Å². The van der Waals surface area contributed by atoms with Crippen molar-refractivity contribution >= 4 is 18.9 Å². The van der Waals surface area contributed by atoms with E-state index in [1.807, 2.05) is 0 Å². The molecule has 0 aliphatic heterocycles. The van der Waals surface area contributed by atoms with Crippen LogP contribution in [0.4, 0.5) is 8.78 Å². The Hall–Kier alpha value is -0.900. The van der Waals surface area contributed by atoms with Crippen molar-refractivity contribution in [1.82, 2.24) is 0 Å². The number of hydrogen-bond donors (Lipinski definition) is 1. The van der Waals surface area contributed by atoms with E-state index in [9.17, 15) is 13.6 Å². The minimum absolute atomic E-state index is 0.114. The zero-order valence-electron chi connectivity index (χ0n) is 7.58. The van der Waals surface area contributed by atoms with E-state index in [-0.39, 0.29) is 5.56 Å². The third-order valence-corrected chi connectivity index (χ3v) is 2.40. The van der Waals surface area contributed by atoms with Gasteiger partial charge in [0.2, 0.25) is 0 Å². The van der Waals surface area contributed by atoms with Gasteiger partial charge in [0.05, 0.1) is 0 Å². The summed E-state index contributed by atoms with van der Waals surface area (Å²) in [7, 11) is 0. The van der Waals surface area contributed by atoms with Crippen LogP contribution in [0.5, 0.6) is 0 Å². The van der Waals surface area contributed by atoms with Crippen molar-refractivity contribution in [3.8, 4) is 0 Å². The molecule has 0 saturated heterocycles. The maximum absolute atomic E-state index is 12.6. The molecule has 1 rings (SSSR count). The number of alkyl halides is 2. The molecule has 1 nitrogen and oxygen atoms in total. The summed E-state index contributed by atoms with van der Waals surface area (Å²) in [4.78, 5) is 11.0. The average molecular weight is 216 g/mol. The molecular formula is C10H10F2OS. The van der Waals surface area contributed by atoms with E-state index in [0.717, 1.165) is 0 Å². The van der Waals surface area contributed by atoms with Crippen LogP contribution in [0.25, 0.3) is 0 Å². The zero-order valence-corrected chi connectivity index (χ0v) is 8.47. The second kappa shape index (κ2) is 4.55. The monoisotopic (exact) mass is 216 g/mol. The molecule has 0 radical (unpaired) electrons. The number of thiol groups is 1. The summed E-state index contributed by atoms with van der Waals surface area (Å²) in [5, 5.41) is 0. The highest BCUT2D eigenvalue weighted by Crippen LogP contribution is 2.31. The minimum Gasteiger partial charge on any atom is -0.303 e. The van der Waals surface area contributed by atoms with E-state index in [1.165, 1.54) is 12.1 Å². The van der Waals surface area contributed by atoms with Crippen molar-refractivity contribution in [2.75, 3.05) is 0 Å². The molecule has 0 aliphatic rings. The summed E-state index contributed by atoms with van der Waals surface area (Å²) in [6.45, 7) is 1.58. The number of hydrogen-bond acceptors (Lipinski definition) is 2. The van der Waals surface area contributed by atoms with Crippen LogP contribution in [0.3, 0.4) is 0 Å². The fourth-order valence-electron chi connectivity index (χ4n) is 1.32. The largest absolute Gasteiger partial charge is 0.303 e. The Balaban J connectivity index is 3.28. The van der Waals surface area contributed by atoms with Crippen LogP contribution in [0.1, 0.15) is 30.4 Å². The molecule has 14 heavy (non-hydrogen) atoms. The highest BCUT2D eigenvalue weighted by Gasteiger charge is 2.18. The highest BCUT2D eigenvalue weighted by atomic mass is 32.1. The van der Waals surface area contributed by atoms with Gasteiger partial charge in [0.15, 0.2) is 0 Å². The molecule has 1 aromatic carbocycles. The van der Waals surface area contributed by atoms with Crippen molar-refractivity contribution < 1.29 is 13.6 Å². The molecule has 0 heterocycles. The van der Waals surface area contributed by atoms with Gasteiger partial charge in [-0.25, -0.2) is 8.78 Å². The molecule has 0 aromatic heterocycles. The fraction of sp³-hybridized carbons (Fsp3) is 0.300. The third kappa shape index (κ3) is 2.12. The van der Waals surface area contributed by atoms with Crippen molar-refractivity contribution in [3.05, 3.63) is 29.3 Å². The van der Waals surface area contributed by atoms with Gasteiger partial charge >= 0.3 is 0 Å². The molecule has 1 unspecified atom stereocenters. The van der Waals surface area contributed by atoms with Crippen LogP contribution < -0.4 is 0 Å². The van der Waals surface area contributed by atoms with Gasteiger partial charge in [0.25, 0.3) is 6.43 Å². The fourth-order valence-corrected chi connectivity index (χ4v) is 1.74. The Morgan fingerprint density at radius 1 is 1.43 bits per heavy atom. The standard InChI is InChI=1S/C10H10F2OS/c1-6(5-13)9-7(10(11)12)3-2-4-8(9)14/h2-6,10,14H,1H3. The normalized spacial score (nSPS) is 12.9. The van der Waals surface area contributed by atoms with Crippen molar-refractivity contribution in [2.45, 2.75) is 24.2 Å². The lowest BCUT2D eigenvalue weighted by molar-refractivity contribution is -0.108. The Morgan fingerprint density at radius 3 is 2.57 bits per heavy atom. The van der Waals surface area contributed by atoms with Gasteiger partial charge < -0.3 is 4.79 Å². The zero-order chi connectivity index (χ0) is 10.7. The first-order valence-corrected chi connectivity index (χ1v) is 4.58. The molecule has 0 saturated carbocycles. The van der Waals surface area contributed by atoms with Crippen LogP contribution in [0.2, 0.25) is 0 Å². The summed E-state index contributed by atoms with van der Waals surface area (Å²) in [5.74, 6) is -0.548. The molecule has 0 bridgehead atoms. The molecular weight excluding hydrogens is 206 g/mol. The Morgan fingerprint density at radius 2 is 2.07 bits per heavy atom. The van der Waals surface area contributed by atoms with Gasteiger partial charge in [-0.15, -0.1) is 12.6 Å².